The summed E-state index contributed by atoms with van der Waals surface area (Å²) in [6.45, 7) is 6.32. The van der Waals surface area contributed by atoms with E-state index in [1.807, 2.05) is 12.1 Å². The summed E-state index contributed by atoms with van der Waals surface area (Å²) >= 11 is 1.48. The number of hydrogen-bond donors (Lipinski definition) is 0. The Kier molecular flexibility index (Phi) is 4.90. The minimum Gasteiger partial charge on any atom is -0.428 e. The topological polar surface area (TPSA) is 52.6 Å². The van der Waals surface area contributed by atoms with Crippen LogP contribution in [0.3, 0.4) is 0 Å². The maximum absolute atomic E-state index is 11.6. The Bertz CT molecular complexity index is 422. The molecular formula is C12H14O4S. The largest absolute Gasteiger partial charge is 0.428 e. The highest BCUT2D eigenvalue weighted by Gasteiger charge is 2.18. The van der Waals surface area contributed by atoms with Crippen LogP contribution in [-0.2, 0) is 19.1 Å². The summed E-state index contributed by atoms with van der Waals surface area (Å²) in [6.07, 6.45) is 1.73. The molecule has 1 aromatic rings. The molecule has 17 heavy (non-hydrogen) atoms. The molecule has 1 heterocycles. The van der Waals surface area contributed by atoms with Gasteiger partial charge in [-0.3, -0.25) is 9.59 Å². The maximum Gasteiger partial charge on any atom is 0.316 e. The van der Waals surface area contributed by atoms with Gasteiger partial charge in [0.05, 0.1) is 5.92 Å². The first-order valence-electron chi connectivity index (χ1n) is 5.06. The molecule has 0 amide bonds. The van der Waals surface area contributed by atoms with Crippen LogP contribution < -0.4 is 0 Å². The highest BCUT2D eigenvalue weighted by Crippen LogP contribution is 2.26. The Hall–Kier alpha value is -1.62. The van der Waals surface area contributed by atoms with Gasteiger partial charge in [-0.15, -0.1) is 11.3 Å². The third-order valence-corrected chi connectivity index (χ3v) is 3.36. The molecule has 0 spiro atoms. The number of ether oxygens (including phenoxy) is 2. The normalized spacial score (nSPS) is 11.6. The van der Waals surface area contributed by atoms with Gasteiger partial charge >= 0.3 is 11.9 Å². The Morgan fingerprint density at radius 1 is 1.47 bits per heavy atom. The van der Waals surface area contributed by atoms with Gasteiger partial charge in [0, 0.05) is 16.7 Å². The highest BCUT2D eigenvalue weighted by molar-refractivity contribution is 7.13. The van der Waals surface area contributed by atoms with Crippen LogP contribution in [-0.4, -0.2) is 18.7 Å². The molecule has 0 aliphatic rings. The van der Waals surface area contributed by atoms with Crippen molar-refractivity contribution in [3.8, 4) is 0 Å². The van der Waals surface area contributed by atoms with E-state index in [2.05, 4.69) is 11.3 Å². The van der Waals surface area contributed by atoms with E-state index in [1.165, 1.54) is 18.3 Å². The molecule has 0 aliphatic carbocycles. The Labute approximate surface area is 104 Å². The van der Waals surface area contributed by atoms with E-state index >= 15 is 0 Å². The molecule has 0 saturated carbocycles. The number of rotatable bonds is 5. The zero-order valence-electron chi connectivity index (χ0n) is 9.76. The minimum absolute atomic E-state index is 0.335. The molecule has 4 nitrogen and oxygen atoms in total. The van der Waals surface area contributed by atoms with Crippen molar-refractivity contribution in [2.45, 2.75) is 19.8 Å². The lowest BCUT2D eigenvalue weighted by molar-refractivity contribution is -0.166. The molecule has 1 rings (SSSR count). The fourth-order valence-electron chi connectivity index (χ4n) is 1.12. The van der Waals surface area contributed by atoms with E-state index in [-0.39, 0.29) is 12.7 Å². The first kappa shape index (κ1) is 13.4. The molecule has 0 bridgehead atoms. The van der Waals surface area contributed by atoms with Crippen molar-refractivity contribution in [3.63, 3.8) is 0 Å². The third-order valence-electron chi connectivity index (χ3n) is 2.09. The zero-order valence-corrected chi connectivity index (χ0v) is 10.6. The second-order valence-corrected chi connectivity index (χ2v) is 4.53. The van der Waals surface area contributed by atoms with E-state index in [9.17, 15) is 9.59 Å². The van der Waals surface area contributed by atoms with Crippen molar-refractivity contribution in [2.24, 2.45) is 0 Å². The molecule has 0 fully saturated rings. The van der Waals surface area contributed by atoms with Gasteiger partial charge in [0.15, 0.2) is 0 Å². The molecule has 0 N–H and O–H groups in total. The second kappa shape index (κ2) is 6.20. The lowest BCUT2D eigenvalue weighted by Gasteiger charge is -2.09. The molecule has 0 aliphatic heterocycles. The van der Waals surface area contributed by atoms with Crippen molar-refractivity contribution in [1.29, 1.82) is 0 Å². The molecule has 1 aromatic heterocycles. The van der Waals surface area contributed by atoms with Crippen molar-refractivity contribution < 1.29 is 19.1 Å². The number of thiophene rings is 1. The molecule has 0 aromatic carbocycles. The van der Waals surface area contributed by atoms with Crippen molar-refractivity contribution in [2.75, 3.05) is 6.79 Å². The van der Waals surface area contributed by atoms with Crippen molar-refractivity contribution in [1.82, 2.24) is 0 Å². The van der Waals surface area contributed by atoms with E-state index in [4.69, 9.17) is 4.74 Å². The van der Waals surface area contributed by atoms with Crippen LogP contribution in [0.5, 0.6) is 0 Å². The van der Waals surface area contributed by atoms with Gasteiger partial charge in [0.25, 0.3) is 0 Å². The number of esters is 2. The van der Waals surface area contributed by atoms with Crippen LogP contribution in [0.25, 0.3) is 6.08 Å². The fourth-order valence-corrected chi connectivity index (χ4v) is 2.02. The quantitative estimate of drug-likeness (QED) is 0.598. The second-order valence-electron chi connectivity index (χ2n) is 3.38. The average molecular weight is 254 g/mol. The standard InChI is InChI=1S/C12H14O4S/c1-4-10-5-6-11(17-10)8(2)12(14)16-7-15-9(3)13/h4-6,8H,1,7H2,2-3H3. The van der Waals surface area contributed by atoms with Gasteiger partial charge in [-0.25, -0.2) is 0 Å². The van der Waals surface area contributed by atoms with Crippen LogP contribution in [0, 0.1) is 0 Å². The van der Waals surface area contributed by atoms with Gasteiger partial charge < -0.3 is 9.47 Å². The van der Waals surface area contributed by atoms with Crippen molar-refractivity contribution in [3.05, 3.63) is 28.5 Å². The summed E-state index contributed by atoms with van der Waals surface area (Å²) in [5.74, 6) is -1.26. The summed E-state index contributed by atoms with van der Waals surface area (Å²) in [6, 6.07) is 3.75. The SMILES string of the molecule is C=Cc1ccc(C(C)C(=O)OCOC(C)=O)s1. The van der Waals surface area contributed by atoms with Crippen LogP contribution in [0.2, 0.25) is 0 Å². The average Bonchev–Trinajstić information content (AvgIpc) is 2.75. The number of hydrogen-bond acceptors (Lipinski definition) is 5. The predicted molar refractivity (Wildman–Crippen MR) is 65.6 cm³/mol. The van der Waals surface area contributed by atoms with E-state index in [0.717, 1.165) is 9.75 Å². The predicted octanol–water partition coefficient (Wildman–Crippen LogP) is 2.56. The van der Waals surface area contributed by atoms with Crippen LogP contribution >= 0.6 is 11.3 Å². The van der Waals surface area contributed by atoms with Crippen molar-refractivity contribution >= 4 is 29.4 Å². The Balaban J connectivity index is 2.51. The molecule has 5 heteroatoms. The Morgan fingerprint density at radius 3 is 2.71 bits per heavy atom. The van der Waals surface area contributed by atoms with Crippen LogP contribution in [0.1, 0.15) is 29.5 Å². The summed E-state index contributed by atoms with van der Waals surface area (Å²) in [4.78, 5) is 24.0. The lowest BCUT2D eigenvalue weighted by atomic mass is 10.1. The Morgan fingerprint density at radius 2 is 2.18 bits per heavy atom. The molecule has 92 valence electrons. The zero-order chi connectivity index (χ0) is 12.8. The number of carbonyl (C=O) groups is 2. The summed E-state index contributed by atoms with van der Waals surface area (Å²) < 4.78 is 9.34. The molecular weight excluding hydrogens is 240 g/mol. The monoisotopic (exact) mass is 254 g/mol. The molecule has 0 radical (unpaired) electrons. The van der Waals surface area contributed by atoms with Gasteiger partial charge in [-0.05, 0) is 19.1 Å². The lowest BCUT2D eigenvalue weighted by Crippen LogP contribution is -2.15. The third kappa shape index (κ3) is 4.03. The maximum atomic E-state index is 11.6. The highest BCUT2D eigenvalue weighted by atomic mass is 32.1. The van der Waals surface area contributed by atoms with E-state index in [1.54, 1.807) is 13.0 Å². The summed E-state index contributed by atoms with van der Waals surface area (Å²) in [5, 5.41) is 0. The number of carbonyl (C=O) groups excluding carboxylic acids is 2. The van der Waals surface area contributed by atoms with Crippen LogP contribution in [0.15, 0.2) is 18.7 Å². The van der Waals surface area contributed by atoms with E-state index < -0.39 is 11.9 Å². The summed E-state index contributed by atoms with van der Waals surface area (Å²) in [5.41, 5.74) is 0. The first-order valence-corrected chi connectivity index (χ1v) is 5.88. The smallest absolute Gasteiger partial charge is 0.316 e. The molecule has 1 atom stereocenters. The van der Waals surface area contributed by atoms with E-state index in [0.29, 0.717) is 0 Å². The van der Waals surface area contributed by atoms with Gasteiger partial charge in [-0.2, -0.15) is 0 Å². The van der Waals surface area contributed by atoms with Crippen LogP contribution in [0.4, 0.5) is 0 Å². The van der Waals surface area contributed by atoms with Gasteiger partial charge in [-0.1, -0.05) is 12.7 Å². The van der Waals surface area contributed by atoms with Gasteiger partial charge in [0.1, 0.15) is 0 Å². The molecule has 0 saturated heterocycles. The summed E-state index contributed by atoms with van der Waals surface area (Å²) in [7, 11) is 0. The van der Waals surface area contributed by atoms with Gasteiger partial charge in [0.2, 0.25) is 6.79 Å². The first-order chi connectivity index (χ1) is 8.04. The molecule has 1 unspecified atom stereocenters. The fraction of sp³-hybridized carbons (Fsp3) is 0.333. The minimum atomic E-state index is -0.476.